The van der Waals surface area contributed by atoms with E-state index in [1.165, 1.54) is 0 Å². The van der Waals surface area contributed by atoms with Crippen molar-refractivity contribution in [2.24, 2.45) is 5.92 Å². The van der Waals surface area contributed by atoms with Crippen LogP contribution < -0.4 is 10.2 Å². The van der Waals surface area contributed by atoms with Crippen LogP contribution in [0.15, 0.2) is 18.1 Å². The van der Waals surface area contributed by atoms with Crippen LogP contribution in [0.2, 0.25) is 10.0 Å². The van der Waals surface area contributed by atoms with Gasteiger partial charge in [0, 0.05) is 59.7 Å². The number of carbonyl (C=O) groups is 1. The van der Waals surface area contributed by atoms with Crippen molar-refractivity contribution in [3.8, 4) is 0 Å². The second kappa shape index (κ2) is 10.0. The van der Waals surface area contributed by atoms with Crippen molar-refractivity contribution < 1.29 is 28.1 Å². The number of urea groups is 1. The third-order valence-corrected chi connectivity index (χ3v) is 5.46. The summed E-state index contributed by atoms with van der Waals surface area (Å²) in [5.74, 6) is -0.218. The lowest BCUT2D eigenvalue weighted by atomic mass is 9.84. The van der Waals surface area contributed by atoms with Gasteiger partial charge in [-0.05, 0) is 56.7 Å². The highest BCUT2D eigenvalue weighted by Gasteiger charge is 2.24. The molecule has 2 fully saturated rings. The van der Waals surface area contributed by atoms with Gasteiger partial charge in [0.25, 0.3) is 0 Å². The Morgan fingerprint density at radius 2 is 1.96 bits per heavy atom. The summed E-state index contributed by atoms with van der Waals surface area (Å²) in [4.78, 5) is 12.8. The van der Waals surface area contributed by atoms with Gasteiger partial charge in [0.05, 0.1) is 25.3 Å². The van der Waals surface area contributed by atoms with E-state index in [4.69, 9.17) is 46.5 Å². The Kier molecular flexibility index (Phi) is 3.06. The predicted octanol–water partition coefficient (Wildman–Crippen LogP) is 4.34. The molecule has 3 rings (SSSR count). The summed E-state index contributed by atoms with van der Waals surface area (Å²) < 4.78 is 138. The number of halogens is 2. The molecule has 1 aliphatic heterocycles. The lowest BCUT2D eigenvalue weighted by Gasteiger charge is -2.37. The summed E-state index contributed by atoms with van der Waals surface area (Å²) >= 11 is 12.2. The Bertz CT molecular complexity index is 1230. The topological polar surface area (TPSA) is 38.8 Å². The highest BCUT2D eigenvalue weighted by molar-refractivity contribution is 6.43. The van der Waals surface area contributed by atoms with E-state index >= 15 is 0 Å². The van der Waals surface area contributed by atoms with Crippen LogP contribution in [0.5, 0.6) is 0 Å². The number of piperazine rings is 1. The van der Waals surface area contributed by atoms with Crippen LogP contribution in [0.1, 0.15) is 55.4 Å². The SMILES string of the molecule is [2H]c1c([2H])c(Cl)c(Cl)c(N2C([2H])([2H])C([2H])([2H])N(CCC3CCC(NC(=O)N(C([2H])([2H])[2H])C([2H])([2H])[2H])CC3)C([2H])([2H])C2([2H])[2H])c1[2H]. The molecule has 1 aromatic carbocycles. The molecule has 1 N–H and O–H groups in total. The lowest BCUT2D eigenvalue weighted by Crippen LogP contribution is -2.47. The summed E-state index contributed by atoms with van der Waals surface area (Å²) in [5.41, 5.74) is -0.874. The fourth-order valence-electron chi connectivity index (χ4n) is 3.16. The minimum atomic E-state index is -3.39. The molecule has 0 bridgehead atoms. The minimum absolute atomic E-state index is 0.0419. The van der Waals surface area contributed by atoms with Gasteiger partial charge < -0.3 is 15.1 Å². The Balaban J connectivity index is 1.81. The quantitative estimate of drug-likeness (QED) is 0.735. The van der Waals surface area contributed by atoms with Crippen molar-refractivity contribution in [1.82, 2.24) is 15.1 Å². The van der Waals surface area contributed by atoms with Gasteiger partial charge in [0.2, 0.25) is 0 Å². The zero-order valence-corrected chi connectivity index (χ0v) is 16.4. The van der Waals surface area contributed by atoms with Gasteiger partial charge in [-0.1, -0.05) is 29.2 Å². The molecular weight excluding hydrogens is 395 g/mol. The van der Waals surface area contributed by atoms with E-state index in [0.29, 0.717) is 17.7 Å². The number of carbonyl (C=O) groups excluding carboxylic acids is 1. The van der Waals surface area contributed by atoms with E-state index in [9.17, 15) is 4.79 Å². The molecule has 1 aliphatic carbocycles. The average molecular weight is 445 g/mol. The largest absolute Gasteiger partial charge is 0.368 e. The van der Waals surface area contributed by atoms with Crippen molar-refractivity contribution in [3.05, 3.63) is 28.2 Å². The fourth-order valence-corrected chi connectivity index (χ4v) is 3.48. The third-order valence-electron chi connectivity index (χ3n) is 4.71. The van der Waals surface area contributed by atoms with E-state index in [1.807, 2.05) is 0 Å². The van der Waals surface area contributed by atoms with Crippen molar-refractivity contribution in [3.63, 3.8) is 0 Å². The van der Waals surface area contributed by atoms with E-state index in [2.05, 4.69) is 5.32 Å². The number of amides is 2. The first-order valence-electron chi connectivity index (χ1n) is 17.3. The third kappa shape index (κ3) is 5.68. The fraction of sp³-hybridized carbons (Fsp3) is 0.667. The summed E-state index contributed by atoms with van der Waals surface area (Å²) in [5, 5.41) is 1.10. The standard InChI is InChI=1S/C21H32Cl2N4O/c1-25(2)21(28)24-17-8-6-16(7-9-17)10-11-26-12-14-27(15-13-26)19-5-3-4-18(22)20(19)23/h3-5,16-17H,6-15H2,1-2H3,(H,24,28)/i1D3,2D3,3D,4D,5D,12D2,13D2,14D2,15D2. The van der Waals surface area contributed by atoms with E-state index in [-0.39, 0.29) is 35.0 Å². The first kappa shape index (κ1) is 8.52. The van der Waals surface area contributed by atoms with Crippen molar-refractivity contribution in [2.45, 2.75) is 38.1 Å². The molecule has 2 aliphatic rings. The first-order chi connectivity index (χ1) is 20.1. The predicted molar refractivity (Wildman–Crippen MR) is 118 cm³/mol. The monoisotopic (exact) mass is 443 g/mol. The molecule has 1 saturated heterocycles. The second-order valence-corrected chi connectivity index (χ2v) is 7.33. The number of nitrogens with one attached hydrogen (secondary N) is 1. The summed E-state index contributed by atoms with van der Waals surface area (Å²) in [7, 11) is 0. The maximum atomic E-state index is 12.5. The first-order valence-corrected chi connectivity index (χ1v) is 9.52. The van der Waals surface area contributed by atoms with Gasteiger partial charge in [-0.2, -0.15) is 0 Å². The molecule has 1 aromatic rings. The maximum absolute atomic E-state index is 12.5. The molecule has 1 saturated carbocycles. The number of hydrogen-bond acceptors (Lipinski definition) is 3. The molecule has 0 spiro atoms. The summed E-state index contributed by atoms with van der Waals surface area (Å²) in [6.07, 6.45) is 1.40. The highest BCUT2D eigenvalue weighted by atomic mass is 35.5. The van der Waals surface area contributed by atoms with Crippen LogP contribution in [0.3, 0.4) is 0 Å². The Morgan fingerprint density at radius 3 is 2.64 bits per heavy atom. The van der Waals surface area contributed by atoms with Crippen molar-refractivity contribution in [2.75, 3.05) is 51.4 Å². The molecule has 0 aromatic heterocycles. The molecule has 0 atom stereocenters. The molecule has 156 valence electrons. The summed E-state index contributed by atoms with van der Waals surface area (Å²) in [6, 6.07) is -4.33. The van der Waals surface area contributed by atoms with E-state index < -0.39 is 92.4 Å². The highest BCUT2D eigenvalue weighted by Crippen LogP contribution is 2.33. The van der Waals surface area contributed by atoms with Crippen molar-refractivity contribution in [1.29, 1.82) is 0 Å². The van der Waals surface area contributed by atoms with Crippen molar-refractivity contribution >= 4 is 34.9 Å². The van der Waals surface area contributed by atoms with Gasteiger partial charge in [-0.3, -0.25) is 4.90 Å². The molecular formula is C21H32Cl2N4O. The second-order valence-electron chi connectivity index (χ2n) is 6.58. The minimum Gasteiger partial charge on any atom is -0.368 e. The number of anilines is 1. The van der Waals surface area contributed by atoms with Crippen LogP contribution in [-0.2, 0) is 0 Å². The number of benzene rings is 1. The van der Waals surface area contributed by atoms with Crippen LogP contribution in [-0.4, -0.2) is 68.4 Å². The van der Waals surface area contributed by atoms with E-state index in [1.54, 1.807) is 0 Å². The number of rotatable bonds is 5. The Morgan fingerprint density at radius 1 is 1.25 bits per heavy atom. The van der Waals surface area contributed by atoms with Crippen LogP contribution in [0.25, 0.3) is 0 Å². The zero-order chi connectivity index (χ0) is 34.9. The summed E-state index contributed by atoms with van der Waals surface area (Å²) in [6.45, 7) is -20.1. The molecule has 5 nitrogen and oxygen atoms in total. The zero-order valence-electron chi connectivity index (χ0n) is 31.9. The number of nitrogens with zero attached hydrogens (tertiary/aromatic N) is 3. The normalized spacial score (nSPS) is 40.5. The molecule has 0 unspecified atom stereocenters. The molecule has 2 amide bonds. The van der Waals surface area contributed by atoms with Gasteiger partial charge in [0.1, 0.15) is 0 Å². The average Bonchev–Trinajstić information content (AvgIpc) is 2.86. The molecule has 7 heteroatoms. The van der Waals surface area contributed by atoms with Gasteiger partial charge in [-0.25, -0.2) is 4.79 Å². The van der Waals surface area contributed by atoms with Gasteiger partial charge >= 0.3 is 6.03 Å². The number of hydrogen-bond donors (Lipinski definition) is 1. The molecule has 28 heavy (non-hydrogen) atoms. The van der Waals surface area contributed by atoms with Crippen LogP contribution in [0.4, 0.5) is 10.5 Å². The van der Waals surface area contributed by atoms with Crippen LogP contribution in [0, 0.1) is 5.92 Å². The Hall–Kier alpha value is -1.17. The van der Waals surface area contributed by atoms with E-state index in [0.717, 1.165) is 0 Å². The molecule has 0 radical (unpaired) electrons. The van der Waals surface area contributed by atoms with Crippen LogP contribution >= 0.6 is 23.2 Å². The lowest BCUT2D eigenvalue weighted by molar-refractivity contribution is 0.194. The van der Waals surface area contributed by atoms with Gasteiger partial charge in [0.15, 0.2) is 0 Å². The maximum Gasteiger partial charge on any atom is 0.317 e. The van der Waals surface area contributed by atoms with Gasteiger partial charge in [-0.15, -0.1) is 0 Å². The smallest absolute Gasteiger partial charge is 0.317 e. The Labute approximate surface area is 202 Å². The molecule has 1 heterocycles.